The topological polar surface area (TPSA) is 38.8 Å². The highest BCUT2D eigenvalue weighted by Gasteiger charge is 2.10. The lowest BCUT2D eigenvalue weighted by Crippen LogP contribution is -2.26. The number of aryl methyl sites for hydroxylation is 2. The minimum absolute atomic E-state index is 0.222. The summed E-state index contributed by atoms with van der Waals surface area (Å²) in [5, 5.41) is 0. The molecule has 0 spiro atoms. The van der Waals surface area contributed by atoms with Crippen molar-refractivity contribution in [1.29, 1.82) is 0 Å². The highest BCUT2D eigenvalue weighted by Crippen LogP contribution is 2.23. The second-order valence-corrected chi connectivity index (χ2v) is 4.50. The van der Waals surface area contributed by atoms with Gasteiger partial charge in [0.15, 0.2) is 0 Å². The van der Waals surface area contributed by atoms with Gasteiger partial charge in [-0.15, -0.1) is 0 Å². The lowest BCUT2D eigenvalue weighted by atomic mass is 10.0. The largest absolute Gasteiger partial charge is 0.496 e. The molecule has 0 aliphatic rings. The molecule has 0 aliphatic heterocycles. The van der Waals surface area contributed by atoms with E-state index in [1.165, 1.54) is 12.7 Å². The number of esters is 1. The van der Waals surface area contributed by atoms with E-state index in [0.29, 0.717) is 13.1 Å². The Labute approximate surface area is 108 Å². The van der Waals surface area contributed by atoms with E-state index >= 15 is 0 Å². The molecule has 18 heavy (non-hydrogen) atoms. The Morgan fingerprint density at radius 2 is 1.89 bits per heavy atom. The van der Waals surface area contributed by atoms with Gasteiger partial charge in [0.2, 0.25) is 0 Å². The molecule has 0 heterocycles. The van der Waals surface area contributed by atoms with E-state index in [-0.39, 0.29) is 5.97 Å². The molecule has 0 amide bonds. The molecular weight excluding hydrogens is 230 g/mol. The second kappa shape index (κ2) is 6.40. The van der Waals surface area contributed by atoms with Crippen LogP contribution in [0.3, 0.4) is 0 Å². The van der Waals surface area contributed by atoms with Crippen LogP contribution in [0.5, 0.6) is 5.75 Å². The van der Waals surface area contributed by atoms with Gasteiger partial charge in [-0.2, -0.15) is 0 Å². The molecule has 4 heteroatoms. The molecule has 0 bridgehead atoms. The third-order valence-electron chi connectivity index (χ3n) is 2.92. The van der Waals surface area contributed by atoms with E-state index in [2.05, 4.69) is 10.8 Å². The smallest absolute Gasteiger partial charge is 0.319 e. The molecule has 0 atom stereocenters. The summed E-state index contributed by atoms with van der Waals surface area (Å²) in [6.07, 6.45) is 0. The van der Waals surface area contributed by atoms with Gasteiger partial charge < -0.3 is 9.47 Å². The van der Waals surface area contributed by atoms with E-state index in [0.717, 1.165) is 16.9 Å². The molecule has 100 valence electrons. The van der Waals surface area contributed by atoms with Gasteiger partial charge in [0.1, 0.15) is 5.75 Å². The molecule has 1 aromatic rings. The number of likely N-dealkylation sites (N-methyl/N-ethyl adjacent to an activating group) is 1. The zero-order chi connectivity index (χ0) is 13.7. The standard InChI is InChI=1S/C14H21NO3/c1-10-7-13(17-4)11(2)6-12(10)8-15(3)9-14(16)18-5/h6-7H,8-9H2,1-5H3. The molecule has 0 fully saturated rings. The molecule has 0 radical (unpaired) electrons. The van der Waals surface area contributed by atoms with Crippen molar-refractivity contribution >= 4 is 5.97 Å². The first-order valence-electron chi connectivity index (χ1n) is 5.87. The zero-order valence-electron chi connectivity index (χ0n) is 11.7. The van der Waals surface area contributed by atoms with Crippen LogP contribution in [0.1, 0.15) is 16.7 Å². The van der Waals surface area contributed by atoms with E-state index in [1.807, 2.05) is 31.9 Å². The predicted octanol–water partition coefficient (Wildman–Crippen LogP) is 1.92. The SMILES string of the molecule is COC(=O)CN(C)Cc1cc(C)c(OC)cc1C. The molecule has 1 aromatic carbocycles. The van der Waals surface area contributed by atoms with Crippen LogP contribution < -0.4 is 4.74 Å². The average molecular weight is 251 g/mol. The van der Waals surface area contributed by atoms with E-state index < -0.39 is 0 Å². The summed E-state index contributed by atoms with van der Waals surface area (Å²) < 4.78 is 9.93. The first-order valence-corrected chi connectivity index (χ1v) is 5.87. The van der Waals surface area contributed by atoms with Gasteiger partial charge >= 0.3 is 5.97 Å². The van der Waals surface area contributed by atoms with Gasteiger partial charge in [0, 0.05) is 6.54 Å². The number of carbonyl (C=O) groups excluding carboxylic acids is 1. The van der Waals surface area contributed by atoms with Crippen molar-refractivity contribution in [3.05, 3.63) is 28.8 Å². The Morgan fingerprint density at radius 3 is 2.44 bits per heavy atom. The van der Waals surface area contributed by atoms with Crippen molar-refractivity contribution in [3.8, 4) is 5.75 Å². The first-order chi connectivity index (χ1) is 8.47. The van der Waals surface area contributed by atoms with E-state index in [1.54, 1.807) is 7.11 Å². The lowest BCUT2D eigenvalue weighted by molar-refractivity contribution is -0.141. The minimum Gasteiger partial charge on any atom is -0.496 e. The number of benzene rings is 1. The number of hydrogen-bond donors (Lipinski definition) is 0. The van der Waals surface area contributed by atoms with Crippen LogP contribution in [-0.2, 0) is 16.1 Å². The number of methoxy groups -OCH3 is 2. The third-order valence-corrected chi connectivity index (χ3v) is 2.92. The summed E-state index contributed by atoms with van der Waals surface area (Å²) in [7, 11) is 4.97. The Morgan fingerprint density at radius 1 is 1.22 bits per heavy atom. The van der Waals surface area contributed by atoms with Gasteiger partial charge in [0.05, 0.1) is 20.8 Å². The fraction of sp³-hybridized carbons (Fsp3) is 0.500. The van der Waals surface area contributed by atoms with Crippen LogP contribution in [0, 0.1) is 13.8 Å². The first kappa shape index (κ1) is 14.5. The van der Waals surface area contributed by atoms with Gasteiger partial charge in [-0.1, -0.05) is 6.07 Å². The van der Waals surface area contributed by atoms with Gasteiger partial charge in [-0.3, -0.25) is 9.69 Å². The predicted molar refractivity (Wildman–Crippen MR) is 70.8 cm³/mol. The van der Waals surface area contributed by atoms with Crippen LogP contribution in [-0.4, -0.2) is 38.7 Å². The molecule has 0 aromatic heterocycles. The number of nitrogens with zero attached hydrogens (tertiary/aromatic N) is 1. The average Bonchev–Trinajstić information content (AvgIpc) is 2.33. The molecule has 4 nitrogen and oxygen atoms in total. The summed E-state index contributed by atoms with van der Waals surface area (Å²) in [6.45, 7) is 5.07. The van der Waals surface area contributed by atoms with Crippen molar-refractivity contribution in [2.24, 2.45) is 0 Å². The Hall–Kier alpha value is -1.55. The molecule has 0 aliphatic carbocycles. The normalized spacial score (nSPS) is 10.6. The summed E-state index contributed by atoms with van der Waals surface area (Å²) in [5.74, 6) is 0.673. The van der Waals surface area contributed by atoms with E-state index in [4.69, 9.17) is 4.74 Å². The van der Waals surface area contributed by atoms with Gasteiger partial charge in [-0.25, -0.2) is 0 Å². The fourth-order valence-corrected chi connectivity index (χ4v) is 1.87. The van der Waals surface area contributed by atoms with Crippen LogP contribution in [0.25, 0.3) is 0 Å². The molecule has 0 N–H and O–H groups in total. The maximum absolute atomic E-state index is 11.2. The van der Waals surface area contributed by atoms with Crippen molar-refractivity contribution < 1.29 is 14.3 Å². The molecular formula is C14H21NO3. The Kier molecular flexibility index (Phi) is 5.16. The van der Waals surface area contributed by atoms with Crippen LogP contribution in [0.15, 0.2) is 12.1 Å². The van der Waals surface area contributed by atoms with Crippen LogP contribution >= 0.6 is 0 Å². The number of carbonyl (C=O) groups is 1. The van der Waals surface area contributed by atoms with Gasteiger partial charge in [-0.05, 0) is 43.7 Å². The summed E-state index contributed by atoms with van der Waals surface area (Å²) >= 11 is 0. The number of hydrogen-bond acceptors (Lipinski definition) is 4. The summed E-state index contributed by atoms with van der Waals surface area (Å²) in [4.78, 5) is 13.1. The van der Waals surface area contributed by atoms with Crippen LogP contribution in [0.4, 0.5) is 0 Å². The quantitative estimate of drug-likeness (QED) is 0.749. The molecule has 0 unspecified atom stereocenters. The molecule has 0 saturated heterocycles. The van der Waals surface area contributed by atoms with Gasteiger partial charge in [0.25, 0.3) is 0 Å². The summed E-state index contributed by atoms with van der Waals surface area (Å²) in [5.41, 5.74) is 3.46. The second-order valence-electron chi connectivity index (χ2n) is 4.50. The Balaban J connectivity index is 2.78. The van der Waals surface area contributed by atoms with Crippen molar-refractivity contribution in [1.82, 2.24) is 4.90 Å². The zero-order valence-corrected chi connectivity index (χ0v) is 11.7. The van der Waals surface area contributed by atoms with Crippen molar-refractivity contribution in [3.63, 3.8) is 0 Å². The maximum Gasteiger partial charge on any atom is 0.319 e. The van der Waals surface area contributed by atoms with Crippen molar-refractivity contribution in [2.75, 3.05) is 27.8 Å². The lowest BCUT2D eigenvalue weighted by Gasteiger charge is -2.18. The van der Waals surface area contributed by atoms with E-state index in [9.17, 15) is 4.79 Å². The fourth-order valence-electron chi connectivity index (χ4n) is 1.87. The number of rotatable bonds is 5. The molecule has 1 rings (SSSR count). The maximum atomic E-state index is 11.2. The van der Waals surface area contributed by atoms with Crippen LogP contribution in [0.2, 0.25) is 0 Å². The third kappa shape index (κ3) is 3.74. The molecule has 0 saturated carbocycles. The highest BCUT2D eigenvalue weighted by molar-refractivity contribution is 5.71. The Bertz CT molecular complexity index is 429. The monoisotopic (exact) mass is 251 g/mol. The number of ether oxygens (including phenoxy) is 2. The highest BCUT2D eigenvalue weighted by atomic mass is 16.5. The summed E-state index contributed by atoms with van der Waals surface area (Å²) in [6, 6.07) is 4.12. The minimum atomic E-state index is -0.222. The van der Waals surface area contributed by atoms with Crippen molar-refractivity contribution in [2.45, 2.75) is 20.4 Å².